The van der Waals surface area contributed by atoms with E-state index in [2.05, 4.69) is 22.0 Å². The van der Waals surface area contributed by atoms with Crippen LogP contribution < -0.4 is 14.8 Å². The topological polar surface area (TPSA) is 87.7 Å². The molecular weight excluding hydrogens is 438 g/mol. The molecule has 33 heavy (non-hydrogen) atoms. The monoisotopic (exact) mass is 469 g/mol. The molecule has 1 saturated carbocycles. The second kappa shape index (κ2) is 8.33. The van der Waals surface area contributed by atoms with Gasteiger partial charge >= 0.3 is 0 Å². The number of sulfonamides is 1. The summed E-state index contributed by atoms with van der Waals surface area (Å²) in [5.41, 5.74) is 2.96. The molecule has 0 amide bonds. The number of hydrogen-bond donors (Lipinski definition) is 2. The summed E-state index contributed by atoms with van der Waals surface area (Å²) in [6, 6.07) is 10.6. The number of rotatable bonds is 6. The quantitative estimate of drug-likeness (QED) is 0.673. The Hall–Kier alpha value is -2.58. The summed E-state index contributed by atoms with van der Waals surface area (Å²) < 4.78 is 34.5. The van der Waals surface area contributed by atoms with E-state index in [9.17, 15) is 13.2 Å². The molecule has 2 N–H and O–H groups in total. The molecule has 176 valence electrons. The number of nitrogens with zero attached hydrogens (tertiary/aromatic N) is 1. The van der Waals surface area contributed by atoms with E-state index in [1.165, 1.54) is 13.2 Å². The lowest BCUT2D eigenvalue weighted by Crippen LogP contribution is -2.39. The van der Waals surface area contributed by atoms with Crippen molar-refractivity contribution in [2.24, 2.45) is 0 Å². The van der Waals surface area contributed by atoms with Crippen LogP contribution in [0.3, 0.4) is 0 Å². The van der Waals surface area contributed by atoms with E-state index < -0.39 is 15.4 Å². The van der Waals surface area contributed by atoms with Gasteiger partial charge in [-0.25, -0.2) is 8.42 Å². The van der Waals surface area contributed by atoms with Crippen LogP contribution in [0.2, 0.25) is 0 Å². The minimum absolute atomic E-state index is 0.0901. The number of likely N-dealkylation sites (tertiary alicyclic amines) is 1. The van der Waals surface area contributed by atoms with Crippen molar-refractivity contribution < 1.29 is 17.9 Å². The van der Waals surface area contributed by atoms with Crippen LogP contribution in [-0.4, -0.2) is 52.4 Å². The summed E-state index contributed by atoms with van der Waals surface area (Å²) in [4.78, 5) is 15.4. The molecule has 1 spiro atoms. The summed E-state index contributed by atoms with van der Waals surface area (Å²) in [5.74, 6) is 0.557. The fraction of sp³-hybridized carbons (Fsp3) is 0.480. The van der Waals surface area contributed by atoms with Crippen molar-refractivity contribution in [2.75, 3.05) is 37.3 Å². The molecule has 1 aliphatic heterocycles. The number of ether oxygens (including phenoxy) is 1. The van der Waals surface area contributed by atoms with Crippen LogP contribution in [-0.2, 0) is 26.7 Å². The zero-order valence-corrected chi connectivity index (χ0v) is 20.0. The highest BCUT2D eigenvalue weighted by Gasteiger charge is 2.51. The van der Waals surface area contributed by atoms with Gasteiger partial charge in [-0.05, 0) is 81.2 Å². The first-order chi connectivity index (χ1) is 15.8. The Morgan fingerprint density at radius 3 is 2.52 bits per heavy atom. The van der Waals surface area contributed by atoms with E-state index in [0.29, 0.717) is 23.9 Å². The third-order valence-electron chi connectivity index (χ3n) is 7.53. The van der Waals surface area contributed by atoms with Crippen LogP contribution in [0.15, 0.2) is 41.3 Å². The van der Waals surface area contributed by atoms with E-state index in [4.69, 9.17) is 4.74 Å². The Kier molecular flexibility index (Phi) is 5.61. The highest BCUT2D eigenvalue weighted by Crippen LogP contribution is 2.53. The summed E-state index contributed by atoms with van der Waals surface area (Å²) in [6.45, 7) is 2.03. The Bertz CT molecular complexity index is 1180. The molecule has 1 heterocycles. The van der Waals surface area contributed by atoms with Gasteiger partial charge in [0.1, 0.15) is 16.4 Å². The smallest absolute Gasteiger partial charge is 0.265 e. The Labute approximate surface area is 195 Å². The average molecular weight is 470 g/mol. The fourth-order valence-electron chi connectivity index (χ4n) is 5.46. The van der Waals surface area contributed by atoms with E-state index in [1.807, 2.05) is 12.1 Å². The van der Waals surface area contributed by atoms with Crippen molar-refractivity contribution in [1.82, 2.24) is 4.90 Å². The Morgan fingerprint density at radius 2 is 1.85 bits per heavy atom. The second-order valence-electron chi connectivity index (χ2n) is 9.56. The molecule has 2 aliphatic carbocycles. The number of ketones is 1. The maximum atomic E-state index is 13.2. The van der Waals surface area contributed by atoms with Gasteiger partial charge in [-0.2, -0.15) is 0 Å². The van der Waals surface area contributed by atoms with E-state index >= 15 is 0 Å². The number of carbonyl (C=O) groups excluding carboxylic acids is 1. The lowest BCUT2D eigenvalue weighted by Gasteiger charge is -2.38. The van der Waals surface area contributed by atoms with Crippen LogP contribution in [0.5, 0.6) is 5.75 Å². The minimum atomic E-state index is -3.86. The Morgan fingerprint density at radius 1 is 1.12 bits per heavy atom. The maximum Gasteiger partial charge on any atom is 0.265 e. The number of piperidine rings is 1. The zero-order valence-electron chi connectivity index (χ0n) is 19.2. The molecule has 0 unspecified atom stereocenters. The summed E-state index contributed by atoms with van der Waals surface area (Å²) in [7, 11) is -0.282. The van der Waals surface area contributed by atoms with Crippen molar-refractivity contribution in [1.29, 1.82) is 0 Å². The van der Waals surface area contributed by atoms with Gasteiger partial charge < -0.3 is 15.0 Å². The molecule has 0 radical (unpaired) electrons. The summed E-state index contributed by atoms with van der Waals surface area (Å²) in [5, 5.41) is 3.66. The van der Waals surface area contributed by atoms with Crippen LogP contribution in [0.1, 0.15) is 43.2 Å². The number of nitrogens with one attached hydrogen (secondary N) is 2. The first-order valence-corrected chi connectivity index (χ1v) is 13.1. The highest BCUT2D eigenvalue weighted by molar-refractivity contribution is 7.92. The normalized spacial score (nSPS) is 20.4. The van der Waals surface area contributed by atoms with E-state index in [0.717, 1.165) is 62.0 Å². The minimum Gasteiger partial charge on any atom is -0.495 e. The van der Waals surface area contributed by atoms with Gasteiger partial charge in [0.2, 0.25) is 0 Å². The molecule has 5 rings (SSSR count). The number of hydrogen-bond acceptors (Lipinski definition) is 6. The second-order valence-corrected chi connectivity index (χ2v) is 11.2. The van der Waals surface area contributed by atoms with Gasteiger partial charge in [0.15, 0.2) is 0 Å². The van der Waals surface area contributed by atoms with Gasteiger partial charge in [-0.15, -0.1) is 0 Å². The van der Waals surface area contributed by atoms with Crippen LogP contribution >= 0.6 is 0 Å². The standard InChI is InChI=1S/C25H31N3O4S/c1-28-12-8-17(9-13-28)26-21-15-18(14-20-19(21)16-24(29)25(20)10-5-11-25)27-33(30,31)23-7-4-3-6-22(23)32-2/h3-4,6-7,14-15,17,26-27H,5,8-13,16H2,1-2H3. The fourth-order valence-corrected chi connectivity index (χ4v) is 6.67. The number of fused-ring (bicyclic) bond motifs is 2. The number of para-hydroxylation sites is 1. The first kappa shape index (κ1) is 22.2. The predicted octanol–water partition coefficient (Wildman–Crippen LogP) is 3.55. The molecule has 0 aromatic heterocycles. The van der Waals surface area contributed by atoms with Gasteiger partial charge in [-0.3, -0.25) is 9.52 Å². The molecule has 0 bridgehead atoms. The number of carbonyl (C=O) groups is 1. The van der Waals surface area contributed by atoms with Gasteiger partial charge in [0, 0.05) is 18.2 Å². The van der Waals surface area contributed by atoms with Crippen molar-refractivity contribution in [3.63, 3.8) is 0 Å². The molecular formula is C25H31N3O4S. The molecule has 2 fully saturated rings. The van der Waals surface area contributed by atoms with Crippen molar-refractivity contribution >= 4 is 27.2 Å². The van der Waals surface area contributed by atoms with Crippen LogP contribution in [0.25, 0.3) is 0 Å². The summed E-state index contributed by atoms with van der Waals surface area (Å²) in [6.07, 6.45) is 5.16. The first-order valence-electron chi connectivity index (χ1n) is 11.6. The maximum absolute atomic E-state index is 13.2. The lowest BCUT2D eigenvalue weighted by molar-refractivity contribution is -0.125. The van der Waals surface area contributed by atoms with Crippen LogP contribution in [0.4, 0.5) is 11.4 Å². The lowest BCUT2D eigenvalue weighted by atomic mass is 9.64. The molecule has 2 aromatic carbocycles. The molecule has 8 heteroatoms. The highest BCUT2D eigenvalue weighted by atomic mass is 32.2. The zero-order chi connectivity index (χ0) is 23.2. The molecule has 2 aromatic rings. The third kappa shape index (κ3) is 3.89. The van der Waals surface area contributed by atoms with Crippen LogP contribution in [0, 0.1) is 0 Å². The van der Waals surface area contributed by atoms with Gasteiger partial charge in [0.05, 0.1) is 18.2 Å². The van der Waals surface area contributed by atoms with E-state index in [1.54, 1.807) is 18.2 Å². The molecule has 3 aliphatic rings. The van der Waals surface area contributed by atoms with Crippen molar-refractivity contribution in [2.45, 2.75) is 54.9 Å². The molecule has 7 nitrogen and oxygen atoms in total. The number of anilines is 2. The largest absolute Gasteiger partial charge is 0.495 e. The average Bonchev–Trinajstić information content (AvgIpc) is 3.07. The van der Waals surface area contributed by atoms with Gasteiger partial charge in [0.25, 0.3) is 10.0 Å². The van der Waals surface area contributed by atoms with Gasteiger partial charge in [-0.1, -0.05) is 18.6 Å². The SMILES string of the molecule is COc1ccccc1S(=O)(=O)Nc1cc(NC2CCN(C)CC2)c2c(c1)C1(CCC1)C(=O)C2. The number of Topliss-reactive ketones (excluding diaryl/α,β-unsaturated/α-hetero) is 1. The third-order valence-corrected chi connectivity index (χ3v) is 8.95. The number of methoxy groups -OCH3 is 1. The van der Waals surface area contributed by atoms with Crippen molar-refractivity contribution in [3.8, 4) is 5.75 Å². The van der Waals surface area contributed by atoms with Crippen molar-refractivity contribution in [3.05, 3.63) is 47.5 Å². The predicted molar refractivity (Wildman–Crippen MR) is 129 cm³/mol. The van der Waals surface area contributed by atoms with E-state index in [-0.39, 0.29) is 10.7 Å². The number of benzene rings is 2. The molecule has 0 atom stereocenters. The molecule has 1 saturated heterocycles. The Balaban J connectivity index is 1.52. The summed E-state index contributed by atoms with van der Waals surface area (Å²) >= 11 is 0.